The highest BCUT2D eigenvalue weighted by Gasteiger charge is 2.30. The van der Waals surface area contributed by atoms with Crippen molar-refractivity contribution in [1.29, 1.82) is 0 Å². The molecule has 7 nitrogen and oxygen atoms in total. The number of nitrogens with one attached hydrogen (secondary N) is 1. The second-order valence-corrected chi connectivity index (χ2v) is 6.05. The Labute approximate surface area is 150 Å². The fraction of sp³-hybridized carbons (Fsp3) is 0.263. The molecule has 2 aliphatic heterocycles. The lowest BCUT2D eigenvalue weighted by molar-refractivity contribution is -0.125. The first kappa shape index (κ1) is 16.3. The summed E-state index contributed by atoms with van der Waals surface area (Å²) < 4.78 is 16.2. The summed E-state index contributed by atoms with van der Waals surface area (Å²) in [7, 11) is 0. The van der Waals surface area contributed by atoms with Crippen molar-refractivity contribution in [3.8, 4) is 17.2 Å². The average molecular weight is 354 g/mol. The number of likely N-dealkylation sites (N-methyl/N-ethyl adjacent to an activating group) is 1. The number of fused-ring (bicyclic) bond motifs is 2. The molecule has 2 aromatic rings. The van der Waals surface area contributed by atoms with Gasteiger partial charge in [-0.15, -0.1) is 0 Å². The van der Waals surface area contributed by atoms with Crippen LogP contribution in [-0.4, -0.2) is 31.3 Å². The highest BCUT2D eigenvalue weighted by atomic mass is 16.7. The predicted octanol–water partition coefficient (Wildman–Crippen LogP) is 2.80. The van der Waals surface area contributed by atoms with Crippen molar-refractivity contribution >= 4 is 23.2 Å². The van der Waals surface area contributed by atoms with Crippen LogP contribution in [-0.2, 0) is 4.79 Å². The van der Waals surface area contributed by atoms with E-state index in [-0.39, 0.29) is 18.6 Å². The maximum absolute atomic E-state index is 12.5. The summed E-state index contributed by atoms with van der Waals surface area (Å²) in [5.74, 6) is 1.41. The molecule has 0 aromatic heterocycles. The molecule has 0 bridgehead atoms. The maximum atomic E-state index is 12.5. The zero-order valence-electron chi connectivity index (χ0n) is 14.4. The van der Waals surface area contributed by atoms with Crippen LogP contribution in [0.2, 0.25) is 0 Å². The molecule has 0 spiro atoms. The number of carbonyl (C=O) groups is 2. The third kappa shape index (κ3) is 2.71. The van der Waals surface area contributed by atoms with Crippen LogP contribution in [0.5, 0.6) is 17.2 Å². The van der Waals surface area contributed by atoms with Crippen LogP contribution in [0, 0.1) is 0 Å². The van der Waals surface area contributed by atoms with E-state index in [0.29, 0.717) is 40.7 Å². The minimum Gasteiger partial charge on any atom is -0.479 e. The van der Waals surface area contributed by atoms with Gasteiger partial charge in [0, 0.05) is 23.9 Å². The smallest absolute Gasteiger partial charge is 0.267 e. The van der Waals surface area contributed by atoms with Crippen LogP contribution in [0.25, 0.3) is 0 Å². The van der Waals surface area contributed by atoms with Crippen LogP contribution < -0.4 is 24.4 Å². The summed E-state index contributed by atoms with van der Waals surface area (Å²) >= 11 is 0. The van der Waals surface area contributed by atoms with Gasteiger partial charge >= 0.3 is 0 Å². The molecule has 1 atom stereocenters. The van der Waals surface area contributed by atoms with Gasteiger partial charge in [-0.25, -0.2) is 0 Å². The molecule has 2 heterocycles. The Morgan fingerprint density at radius 2 is 1.96 bits per heavy atom. The van der Waals surface area contributed by atoms with Crippen molar-refractivity contribution in [2.24, 2.45) is 0 Å². The van der Waals surface area contributed by atoms with E-state index in [1.807, 2.05) is 6.92 Å². The number of amides is 2. The van der Waals surface area contributed by atoms with Gasteiger partial charge in [0.15, 0.2) is 17.6 Å². The van der Waals surface area contributed by atoms with Crippen molar-refractivity contribution in [3.63, 3.8) is 0 Å². The van der Waals surface area contributed by atoms with Crippen LogP contribution in [0.1, 0.15) is 24.2 Å². The first-order valence-electron chi connectivity index (χ1n) is 8.40. The topological polar surface area (TPSA) is 77.1 Å². The van der Waals surface area contributed by atoms with Gasteiger partial charge in [0.1, 0.15) is 5.75 Å². The van der Waals surface area contributed by atoms with Crippen LogP contribution in [0.4, 0.5) is 11.4 Å². The Bertz CT molecular complexity index is 895. The van der Waals surface area contributed by atoms with E-state index in [9.17, 15) is 9.59 Å². The molecule has 2 aromatic carbocycles. The SMILES string of the molecule is CCN1C(=O)C(C)Oc2cc(NC(=O)c3ccc4c(c3)OCO4)ccc21. The van der Waals surface area contributed by atoms with Gasteiger partial charge in [0.05, 0.1) is 5.69 Å². The van der Waals surface area contributed by atoms with Crippen LogP contribution in [0.15, 0.2) is 36.4 Å². The van der Waals surface area contributed by atoms with Gasteiger partial charge in [-0.05, 0) is 44.2 Å². The zero-order valence-corrected chi connectivity index (χ0v) is 14.4. The number of hydrogen-bond acceptors (Lipinski definition) is 5. The molecule has 7 heteroatoms. The summed E-state index contributed by atoms with van der Waals surface area (Å²) in [5.41, 5.74) is 1.76. The minimum absolute atomic E-state index is 0.0721. The highest BCUT2D eigenvalue weighted by Crippen LogP contribution is 2.36. The van der Waals surface area contributed by atoms with E-state index in [4.69, 9.17) is 14.2 Å². The third-order valence-corrected chi connectivity index (χ3v) is 4.38. The van der Waals surface area contributed by atoms with E-state index < -0.39 is 6.10 Å². The quantitative estimate of drug-likeness (QED) is 0.917. The number of benzene rings is 2. The zero-order chi connectivity index (χ0) is 18.3. The van der Waals surface area contributed by atoms with Gasteiger partial charge < -0.3 is 24.4 Å². The number of ether oxygens (including phenoxy) is 3. The monoisotopic (exact) mass is 354 g/mol. The standard InChI is InChI=1S/C19H18N2O5/c1-3-21-14-6-5-13(9-16(14)26-11(2)19(21)23)20-18(22)12-4-7-15-17(8-12)25-10-24-15/h4-9,11H,3,10H2,1-2H3,(H,20,22). The van der Waals surface area contributed by atoms with Gasteiger partial charge in [0.25, 0.3) is 11.8 Å². The predicted molar refractivity (Wildman–Crippen MR) is 95.1 cm³/mol. The Morgan fingerprint density at radius 3 is 2.77 bits per heavy atom. The Balaban J connectivity index is 1.57. The molecule has 2 amide bonds. The van der Waals surface area contributed by atoms with Gasteiger partial charge in [-0.3, -0.25) is 9.59 Å². The average Bonchev–Trinajstić information content (AvgIpc) is 3.10. The normalized spacial score (nSPS) is 17.5. The highest BCUT2D eigenvalue weighted by molar-refractivity contribution is 6.05. The fourth-order valence-electron chi connectivity index (χ4n) is 3.06. The second-order valence-electron chi connectivity index (χ2n) is 6.05. The summed E-state index contributed by atoms with van der Waals surface area (Å²) in [4.78, 5) is 26.3. The molecular formula is C19H18N2O5. The van der Waals surface area contributed by atoms with E-state index in [1.54, 1.807) is 48.2 Å². The molecule has 1 unspecified atom stereocenters. The van der Waals surface area contributed by atoms with Gasteiger partial charge in [-0.1, -0.05) is 0 Å². The molecule has 26 heavy (non-hydrogen) atoms. The minimum atomic E-state index is -0.553. The van der Waals surface area contributed by atoms with E-state index in [2.05, 4.69) is 5.32 Å². The largest absolute Gasteiger partial charge is 0.479 e. The number of anilines is 2. The molecule has 1 N–H and O–H groups in total. The van der Waals surface area contributed by atoms with Crippen LogP contribution >= 0.6 is 0 Å². The summed E-state index contributed by atoms with van der Waals surface area (Å²) in [6.45, 7) is 4.34. The maximum Gasteiger partial charge on any atom is 0.267 e. The molecule has 0 saturated heterocycles. The molecule has 4 rings (SSSR count). The van der Waals surface area contributed by atoms with E-state index in [0.717, 1.165) is 0 Å². The van der Waals surface area contributed by atoms with E-state index in [1.165, 1.54) is 0 Å². The van der Waals surface area contributed by atoms with Crippen molar-refractivity contribution < 1.29 is 23.8 Å². The lowest BCUT2D eigenvalue weighted by Crippen LogP contribution is -2.44. The lowest BCUT2D eigenvalue weighted by atomic mass is 10.1. The first-order valence-corrected chi connectivity index (χ1v) is 8.40. The van der Waals surface area contributed by atoms with E-state index >= 15 is 0 Å². The van der Waals surface area contributed by atoms with Crippen LogP contribution in [0.3, 0.4) is 0 Å². The van der Waals surface area contributed by atoms with Crippen molar-refractivity contribution in [1.82, 2.24) is 0 Å². The molecule has 0 fully saturated rings. The Morgan fingerprint density at radius 1 is 1.15 bits per heavy atom. The second kappa shape index (κ2) is 6.25. The number of nitrogens with zero attached hydrogens (tertiary/aromatic N) is 1. The number of rotatable bonds is 3. The number of hydrogen-bond donors (Lipinski definition) is 1. The van der Waals surface area contributed by atoms with Crippen molar-refractivity contribution in [2.45, 2.75) is 20.0 Å². The van der Waals surface area contributed by atoms with Crippen molar-refractivity contribution in [2.75, 3.05) is 23.6 Å². The molecule has 0 radical (unpaired) electrons. The summed E-state index contributed by atoms with van der Waals surface area (Å²) in [6.07, 6.45) is -0.553. The Kier molecular flexibility index (Phi) is 3.91. The van der Waals surface area contributed by atoms with Gasteiger partial charge in [0.2, 0.25) is 6.79 Å². The summed E-state index contributed by atoms with van der Waals surface area (Å²) in [5, 5.41) is 2.84. The lowest BCUT2D eigenvalue weighted by Gasteiger charge is -2.32. The summed E-state index contributed by atoms with van der Waals surface area (Å²) in [6, 6.07) is 10.3. The first-order chi connectivity index (χ1) is 12.6. The molecule has 134 valence electrons. The fourth-order valence-corrected chi connectivity index (χ4v) is 3.06. The van der Waals surface area contributed by atoms with Gasteiger partial charge in [-0.2, -0.15) is 0 Å². The number of carbonyl (C=O) groups excluding carboxylic acids is 2. The Hall–Kier alpha value is -3.22. The molecule has 2 aliphatic rings. The molecule has 0 saturated carbocycles. The molecule has 0 aliphatic carbocycles. The third-order valence-electron chi connectivity index (χ3n) is 4.38. The molecular weight excluding hydrogens is 336 g/mol. The van der Waals surface area contributed by atoms with Crippen molar-refractivity contribution in [3.05, 3.63) is 42.0 Å².